The number of aromatic nitrogens is 5. The molecule has 0 aliphatic rings. The van der Waals surface area contributed by atoms with Gasteiger partial charge >= 0.3 is 0 Å². The minimum absolute atomic E-state index is 0.703. The van der Waals surface area contributed by atoms with Gasteiger partial charge in [-0.05, 0) is 20.0 Å². The molecule has 0 aliphatic carbocycles. The summed E-state index contributed by atoms with van der Waals surface area (Å²) in [6.45, 7) is 3.41. The van der Waals surface area contributed by atoms with Gasteiger partial charge in [0, 0.05) is 7.05 Å². The van der Waals surface area contributed by atoms with Crippen LogP contribution >= 0.6 is 0 Å². The Labute approximate surface area is 94.3 Å². The molecule has 6 heteroatoms. The van der Waals surface area contributed by atoms with Crippen LogP contribution in [0.15, 0.2) is 12.4 Å². The quantitative estimate of drug-likeness (QED) is 0.793. The summed E-state index contributed by atoms with van der Waals surface area (Å²) in [4.78, 5) is 4.20. The van der Waals surface area contributed by atoms with Crippen LogP contribution in [0.3, 0.4) is 0 Å². The lowest BCUT2D eigenvalue weighted by Gasteiger charge is -2.05. The molecule has 0 spiro atoms. The van der Waals surface area contributed by atoms with Crippen LogP contribution in [-0.2, 0) is 20.1 Å². The SMILES string of the molecule is CNCc1ncnn1Cc1cc(C)nn1C. The maximum atomic E-state index is 4.31. The number of hydrogen-bond acceptors (Lipinski definition) is 4. The van der Waals surface area contributed by atoms with Gasteiger partial charge in [-0.1, -0.05) is 0 Å². The summed E-state index contributed by atoms with van der Waals surface area (Å²) in [7, 11) is 3.84. The summed E-state index contributed by atoms with van der Waals surface area (Å²) in [5.74, 6) is 0.932. The Kier molecular flexibility index (Phi) is 3.00. The Balaban J connectivity index is 2.20. The van der Waals surface area contributed by atoms with Crippen molar-refractivity contribution in [1.82, 2.24) is 29.9 Å². The Hall–Kier alpha value is -1.69. The van der Waals surface area contributed by atoms with E-state index < -0.39 is 0 Å². The van der Waals surface area contributed by atoms with Crippen LogP contribution in [0.5, 0.6) is 0 Å². The van der Waals surface area contributed by atoms with Gasteiger partial charge in [-0.15, -0.1) is 0 Å². The molecular formula is C10H16N6. The molecule has 2 aromatic heterocycles. The van der Waals surface area contributed by atoms with Gasteiger partial charge in [0.25, 0.3) is 0 Å². The highest BCUT2D eigenvalue weighted by molar-refractivity contribution is 5.09. The standard InChI is InChI=1S/C10H16N6/c1-8-4-9(15(3)14-8)6-16-10(5-11-2)12-7-13-16/h4,7,11H,5-6H2,1-3H3. The minimum Gasteiger partial charge on any atom is -0.313 e. The molecule has 86 valence electrons. The summed E-state index contributed by atoms with van der Waals surface area (Å²) in [6.07, 6.45) is 1.58. The number of rotatable bonds is 4. The molecule has 0 radical (unpaired) electrons. The number of nitrogens with zero attached hydrogens (tertiary/aromatic N) is 5. The van der Waals surface area contributed by atoms with E-state index >= 15 is 0 Å². The zero-order chi connectivity index (χ0) is 11.5. The first-order valence-corrected chi connectivity index (χ1v) is 5.21. The van der Waals surface area contributed by atoms with Crippen LogP contribution in [0.2, 0.25) is 0 Å². The minimum atomic E-state index is 0.703. The smallest absolute Gasteiger partial charge is 0.141 e. The second-order valence-electron chi connectivity index (χ2n) is 3.76. The molecule has 2 rings (SSSR count). The molecule has 0 unspecified atom stereocenters. The van der Waals surface area contributed by atoms with Crippen molar-refractivity contribution >= 4 is 0 Å². The Morgan fingerprint density at radius 2 is 2.25 bits per heavy atom. The molecule has 0 saturated carbocycles. The molecule has 0 aliphatic heterocycles. The molecule has 0 amide bonds. The molecule has 0 saturated heterocycles. The van der Waals surface area contributed by atoms with Crippen molar-refractivity contribution in [2.75, 3.05) is 7.05 Å². The molecule has 2 heterocycles. The van der Waals surface area contributed by atoms with Gasteiger partial charge in [0.15, 0.2) is 0 Å². The van der Waals surface area contributed by atoms with Gasteiger partial charge in [-0.3, -0.25) is 4.68 Å². The van der Waals surface area contributed by atoms with E-state index in [2.05, 4.69) is 26.6 Å². The largest absolute Gasteiger partial charge is 0.313 e. The van der Waals surface area contributed by atoms with Crippen LogP contribution in [0.1, 0.15) is 17.2 Å². The van der Waals surface area contributed by atoms with E-state index in [1.54, 1.807) is 6.33 Å². The molecule has 6 nitrogen and oxygen atoms in total. The fourth-order valence-electron chi connectivity index (χ4n) is 1.68. The van der Waals surface area contributed by atoms with Gasteiger partial charge in [0.2, 0.25) is 0 Å². The molecule has 0 bridgehead atoms. The van der Waals surface area contributed by atoms with E-state index in [0.29, 0.717) is 6.54 Å². The van der Waals surface area contributed by atoms with Crippen molar-refractivity contribution in [2.45, 2.75) is 20.0 Å². The van der Waals surface area contributed by atoms with Gasteiger partial charge in [0.05, 0.1) is 24.5 Å². The van der Waals surface area contributed by atoms with Crippen LogP contribution < -0.4 is 5.32 Å². The first-order chi connectivity index (χ1) is 7.70. The molecule has 2 aromatic rings. The lowest BCUT2D eigenvalue weighted by molar-refractivity contribution is 0.578. The second kappa shape index (κ2) is 4.44. The predicted octanol–water partition coefficient (Wildman–Crippen LogP) is 0.0877. The number of hydrogen-bond donors (Lipinski definition) is 1. The Morgan fingerprint density at radius 1 is 1.44 bits per heavy atom. The highest BCUT2D eigenvalue weighted by Gasteiger charge is 2.07. The van der Waals surface area contributed by atoms with Crippen molar-refractivity contribution in [1.29, 1.82) is 0 Å². The lowest BCUT2D eigenvalue weighted by atomic mass is 10.3. The topological polar surface area (TPSA) is 60.6 Å². The highest BCUT2D eigenvalue weighted by Crippen LogP contribution is 2.05. The van der Waals surface area contributed by atoms with Crippen LogP contribution in [0.4, 0.5) is 0 Å². The monoisotopic (exact) mass is 220 g/mol. The highest BCUT2D eigenvalue weighted by atomic mass is 15.4. The van der Waals surface area contributed by atoms with Crippen LogP contribution in [0, 0.1) is 6.92 Å². The summed E-state index contributed by atoms with van der Waals surface area (Å²) >= 11 is 0. The molecule has 0 atom stereocenters. The van der Waals surface area contributed by atoms with E-state index in [-0.39, 0.29) is 0 Å². The summed E-state index contributed by atoms with van der Waals surface area (Å²) in [6, 6.07) is 2.06. The van der Waals surface area contributed by atoms with E-state index in [1.165, 1.54) is 0 Å². The van der Waals surface area contributed by atoms with E-state index in [4.69, 9.17) is 0 Å². The van der Waals surface area contributed by atoms with Gasteiger partial charge in [-0.2, -0.15) is 10.2 Å². The Morgan fingerprint density at radius 3 is 2.88 bits per heavy atom. The van der Waals surface area contributed by atoms with E-state index in [9.17, 15) is 0 Å². The van der Waals surface area contributed by atoms with Gasteiger partial charge in [0.1, 0.15) is 12.2 Å². The average Bonchev–Trinajstić information content (AvgIpc) is 2.77. The predicted molar refractivity (Wildman–Crippen MR) is 59.8 cm³/mol. The fraction of sp³-hybridized carbons (Fsp3) is 0.500. The summed E-state index contributed by atoms with van der Waals surface area (Å²) in [5, 5.41) is 11.6. The molecule has 1 N–H and O–H groups in total. The van der Waals surface area contributed by atoms with Crippen molar-refractivity contribution in [3.63, 3.8) is 0 Å². The maximum Gasteiger partial charge on any atom is 0.141 e. The van der Waals surface area contributed by atoms with Crippen molar-refractivity contribution in [3.05, 3.63) is 29.6 Å². The third-order valence-electron chi connectivity index (χ3n) is 2.44. The van der Waals surface area contributed by atoms with Gasteiger partial charge in [-0.25, -0.2) is 9.67 Å². The molecular weight excluding hydrogens is 204 g/mol. The van der Waals surface area contributed by atoms with Crippen LogP contribution in [0.25, 0.3) is 0 Å². The zero-order valence-corrected chi connectivity index (χ0v) is 9.80. The maximum absolute atomic E-state index is 4.31. The van der Waals surface area contributed by atoms with Crippen molar-refractivity contribution < 1.29 is 0 Å². The van der Waals surface area contributed by atoms with Crippen molar-refractivity contribution in [3.8, 4) is 0 Å². The third kappa shape index (κ3) is 2.11. The van der Waals surface area contributed by atoms with E-state index in [1.807, 2.05) is 30.4 Å². The van der Waals surface area contributed by atoms with Crippen LogP contribution in [-0.4, -0.2) is 31.6 Å². The zero-order valence-electron chi connectivity index (χ0n) is 9.80. The second-order valence-corrected chi connectivity index (χ2v) is 3.76. The third-order valence-corrected chi connectivity index (χ3v) is 2.44. The molecule has 16 heavy (non-hydrogen) atoms. The van der Waals surface area contributed by atoms with E-state index in [0.717, 1.165) is 23.8 Å². The number of aryl methyl sites for hydroxylation is 2. The summed E-state index contributed by atoms with van der Waals surface area (Å²) < 4.78 is 3.76. The normalized spacial score (nSPS) is 10.9. The first-order valence-electron chi connectivity index (χ1n) is 5.21. The van der Waals surface area contributed by atoms with Gasteiger partial charge < -0.3 is 5.32 Å². The average molecular weight is 220 g/mol. The van der Waals surface area contributed by atoms with Crippen molar-refractivity contribution in [2.24, 2.45) is 7.05 Å². The first kappa shape index (κ1) is 10.8. The fourth-order valence-corrected chi connectivity index (χ4v) is 1.68. The Bertz CT molecular complexity index is 469. The lowest BCUT2D eigenvalue weighted by Crippen LogP contribution is -2.15. The molecule has 0 fully saturated rings. The number of nitrogens with one attached hydrogen (secondary N) is 1. The molecule has 0 aromatic carbocycles. The summed E-state index contributed by atoms with van der Waals surface area (Å²) in [5.41, 5.74) is 2.15.